The van der Waals surface area contributed by atoms with E-state index in [1.165, 1.54) is 13.0 Å². The Hall–Kier alpha value is -1.48. The Kier molecular flexibility index (Phi) is 6.95. The van der Waals surface area contributed by atoms with Gasteiger partial charge in [-0.25, -0.2) is 13.1 Å². The summed E-state index contributed by atoms with van der Waals surface area (Å²) in [5.41, 5.74) is 1.34. The van der Waals surface area contributed by atoms with Crippen LogP contribution in [0.5, 0.6) is 0 Å². The van der Waals surface area contributed by atoms with Crippen LogP contribution >= 0.6 is 0 Å². The number of hydrogen-bond acceptors (Lipinski definition) is 5. The lowest BCUT2D eigenvalue weighted by atomic mass is 10.2. The topological polar surface area (TPSA) is 81.7 Å². The minimum atomic E-state index is -3.53. The zero-order valence-electron chi connectivity index (χ0n) is 15.2. The van der Waals surface area contributed by atoms with E-state index >= 15 is 0 Å². The zero-order valence-corrected chi connectivity index (χ0v) is 16.0. The lowest BCUT2D eigenvalue weighted by molar-refractivity contribution is -0.114. The number of piperazine rings is 1. The van der Waals surface area contributed by atoms with E-state index in [1.807, 2.05) is 0 Å². The van der Waals surface area contributed by atoms with Crippen LogP contribution in [0.1, 0.15) is 18.9 Å². The highest BCUT2D eigenvalue weighted by Crippen LogP contribution is 2.19. The summed E-state index contributed by atoms with van der Waals surface area (Å²) in [6.45, 7) is 8.71. The lowest BCUT2D eigenvalue weighted by Gasteiger charge is -2.32. The molecule has 7 nitrogen and oxygen atoms in total. The maximum absolute atomic E-state index is 12.4. The van der Waals surface area contributed by atoms with Crippen LogP contribution in [0, 0.1) is 6.92 Å². The van der Waals surface area contributed by atoms with E-state index in [4.69, 9.17) is 0 Å². The van der Waals surface area contributed by atoms with Gasteiger partial charge in [0.2, 0.25) is 15.9 Å². The summed E-state index contributed by atoms with van der Waals surface area (Å²) in [4.78, 5) is 16.0. The first-order chi connectivity index (χ1) is 11.8. The number of amides is 1. The van der Waals surface area contributed by atoms with Crippen molar-refractivity contribution in [2.45, 2.75) is 25.2 Å². The first-order valence-corrected chi connectivity index (χ1v) is 10.0. The normalized spacial score (nSPS) is 16.8. The molecule has 1 heterocycles. The van der Waals surface area contributed by atoms with Gasteiger partial charge >= 0.3 is 0 Å². The highest BCUT2D eigenvalue weighted by Gasteiger charge is 2.16. The van der Waals surface area contributed by atoms with Crippen molar-refractivity contribution < 1.29 is 13.2 Å². The second-order valence-corrected chi connectivity index (χ2v) is 8.32. The van der Waals surface area contributed by atoms with Crippen molar-refractivity contribution in [1.82, 2.24) is 14.5 Å². The summed E-state index contributed by atoms with van der Waals surface area (Å²) in [6, 6.07) is 4.71. The molecule has 1 saturated heterocycles. The molecule has 0 atom stereocenters. The number of rotatable bonds is 7. The van der Waals surface area contributed by atoms with Crippen LogP contribution < -0.4 is 10.0 Å². The second-order valence-electron chi connectivity index (χ2n) is 6.55. The molecule has 1 aromatic rings. The molecule has 2 rings (SSSR count). The monoisotopic (exact) mass is 368 g/mol. The number of likely N-dealkylation sites (N-methyl/N-ethyl adjacent to an activating group) is 1. The summed E-state index contributed by atoms with van der Waals surface area (Å²) in [7, 11) is -1.41. The number of carbonyl (C=O) groups is 1. The van der Waals surface area contributed by atoms with Crippen molar-refractivity contribution in [3.05, 3.63) is 23.8 Å². The highest BCUT2D eigenvalue weighted by atomic mass is 32.2. The minimum Gasteiger partial charge on any atom is -0.326 e. The fourth-order valence-corrected chi connectivity index (χ4v) is 3.96. The van der Waals surface area contributed by atoms with Gasteiger partial charge in [-0.2, -0.15) is 0 Å². The number of anilines is 1. The van der Waals surface area contributed by atoms with Gasteiger partial charge < -0.3 is 15.1 Å². The Labute approximate surface area is 150 Å². The van der Waals surface area contributed by atoms with E-state index in [0.717, 1.165) is 44.7 Å². The van der Waals surface area contributed by atoms with Gasteiger partial charge in [0.05, 0.1) is 4.90 Å². The molecule has 1 aliphatic rings. The fourth-order valence-electron chi connectivity index (χ4n) is 2.80. The molecule has 0 aromatic heterocycles. The summed E-state index contributed by atoms with van der Waals surface area (Å²) in [5.74, 6) is -0.180. The molecule has 0 spiro atoms. The van der Waals surface area contributed by atoms with E-state index in [0.29, 0.717) is 12.2 Å². The van der Waals surface area contributed by atoms with Crippen LogP contribution in [0.15, 0.2) is 23.1 Å². The molecule has 1 amide bonds. The van der Waals surface area contributed by atoms with E-state index in [2.05, 4.69) is 26.9 Å². The minimum absolute atomic E-state index is 0.180. The molecular weight excluding hydrogens is 340 g/mol. The molecule has 8 heteroatoms. The molecule has 1 fully saturated rings. The van der Waals surface area contributed by atoms with E-state index < -0.39 is 10.0 Å². The molecule has 0 radical (unpaired) electrons. The first-order valence-electron chi connectivity index (χ1n) is 8.57. The van der Waals surface area contributed by atoms with Gasteiger partial charge in [-0.15, -0.1) is 0 Å². The maximum atomic E-state index is 12.4. The van der Waals surface area contributed by atoms with Crippen LogP contribution in [0.25, 0.3) is 0 Å². The number of hydrogen-bond donors (Lipinski definition) is 2. The van der Waals surface area contributed by atoms with Crippen molar-refractivity contribution in [1.29, 1.82) is 0 Å². The molecule has 25 heavy (non-hydrogen) atoms. The zero-order chi connectivity index (χ0) is 18.4. The van der Waals surface area contributed by atoms with Gasteiger partial charge in [0.15, 0.2) is 0 Å². The van der Waals surface area contributed by atoms with E-state index in [9.17, 15) is 13.2 Å². The summed E-state index contributed by atoms with van der Waals surface area (Å²) >= 11 is 0. The third kappa shape index (κ3) is 6.07. The number of nitrogens with one attached hydrogen (secondary N) is 2. The van der Waals surface area contributed by atoms with E-state index in [-0.39, 0.29) is 10.8 Å². The van der Waals surface area contributed by atoms with Crippen LogP contribution in [0.2, 0.25) is 0 Å². The van der Waals surface area contributed by atoms with Crippen molar-refractivity contribution >= 4 is 21.6 Å². The van der Waals surface area contributed by atoms with Gasteiger partial charge in [-0.3, -0.25) is 4.79 Å². The molecule has 1 aliphatic heterocycles. The largest absolute Gasteiger partial charge is 0.326 e. The van der Waals surface area contributed by atoms with Crippen LogP contribution in [-0.2, 0) is 14.8 Å². The number of aryl methyl sites for hydroxylation is 1. The maximum Gasteiger partial charge on any atom is 0.240 e. The van der Waals surface area contributed by atoms with Gasteiger partial charge in [0.25, 0.3) is 0 Å². The number of sulfonamides is 1. The van der Waals surface area contributed by atoms with Crippen molar-refractivity contribution in [2.24, 2.45) is 0 Å². The fraction of sp³-hybridized carbons (Fsp3) is 0.588. The third-order valence-electron chi connectivity index (χ3n) is 4.36. The quantitative estimate of drug-likeness (QED) is 0.698. The SMILES string of the molecule is CC(=O)Nc1ccc(S(=O)(=O)NCCCN2CCN(C)CC2)cc1C. The van der Waals surface area contributed by atoms with Crippen molar-refractivity contribution in [3.8, 4) is 0 Å². The van der Waals surface area contributed by atoms with Crippen molar-refractivity contribution in [2.75, 3.05) is 51.6 Å². The second kappa shape index (κ2) is 8.75. The van der Waals surface area contributed by atoms with Crippen LogP contribution in [0.4, 0.5) is 5.69 Å². The van der Waals surface area contributed by atoms with Gasteiger partial charge in [-0.05, 0) is 50.7 Å². The predicted octanol–water partition coefficient (Wildman–Crippen LogP) is 0.869. The molecule has 2 N–H and O–H groups in total. The van der Waals surface area contributed by atoms with E-state index in [1.54, 1.807) is 19.1 Å². The number of carbonyl (C=O) groups excluding carboxylic acids is 1. The van der Waals surface area contributed by atoms with Gasteiger partial charge in [-0.1, -0.05) is 0 Å². The lowest BCUT2D eigenvalue weighted by Crippen LogP contribution is -2.45. The van der Waals surface area contributed by atoms with Crippen LogP contribution in [0.3, 0.4) is 0 Å². The average Bonchev–Trinajstić information content (AvgIpc) is 2.54. The first kappa shape index (κ1) is 19.8. The smallest absolute Gasteiger partial charge is 0.240 e. The number of benzene rings is 1. The highest BCUT2D eigenvalue weighted by molar-refractivity contribution is 7.89. The molecule has 1 aromatic carbocycles. The molecule has 0 bridgehead atoms. The number of nitrogens with zero attached hydrogens (tertiary/aromatic N) is 2. The Bertz CT molecular complexity index is 698. The van der Waals surface area contributed by atoms with Crippen molar-refractivity contribution in [3.63, 3.8) is 0 Å². The standard InChI is InChI=1S/C17H28N4O3S/c1-14-13-16(5-6-17(14)19-15(2)22)25(23,24)18-7-4-8-21-11-9-20(3)10-12-21/h5-6,13,18H,4,7-12H2,1-3H3,(H,19,22). The molecular formula is C17H28N4O3S. The Morgan fingerprint density at radius 1 is 1.20 bits per heavy atom. The Morgan fingerprint density at radius 2 is 1.88 bits per heavy atom. The summed E-state index contributed by atoms with van der Waals surface area (Å²) < 4.78 is 27.4. The molecule has 0 saturated carbocycles. The predicted molar refractivity (Wildman–Crippen MR) is 99.2 cm³/mol. The van der Waals surface area contributed by atoms with Gasteiger partial charge in [0, 0.05) is 45.3 Å². The third-order valence-corrected chi connectivity index (χ3v) is 5.82. The summed E-state index contributed by atoms with van der Waals surface area (Å²) in [6.07, 6.45) is 0.784. The van der Waals surface area contributed by atoms with Crippen LogP contribution in [-0.4, -0.2) is 70.4 Å². The molecule has 0 unspecified atom stereocenters. The van der Waals surface area contributed by atoms with Gasteiger partial charge in [0.1, 0.15) is 0 Å². The molecule has 0 aliphatic carbocycles. The Morgan fingerprint density at radius 3 is 2.48 bits per heavy atom. The molecule has 140 valence electrons. The Balaban J connectivity index is 1.84. The average molecular weight is 369 g/mol. The summed E-state index contributed by atoms with van der Waals surface area (Å²) in [5, 5.41) is 2.68.